The average molecular weight is 290 g/mol. The Morgan fingerprint density at radius 3 is 2.70 bits per heavy atom. The van der Waals surface area contributed by atoms with Crippen LogP contribution in [0.4, 0.5) is 0 Å². The number of aldehydes is 1. The smallest absolute Gasteiger partial charge is 0.153 e. The zero-order chi connectivity index (χ0) is 14.8. The monoisotopic (exact) mass is 290 g/mol. The lowest BCUT2D eigenvalue weighted by Gasteiger charge is -2.19. The second kappa shape index (κ2) is 5.83. The molecule has 0 spiro atoms. The summed E-state index contributed by atoms with van der Waals surface area (Å²) in [7, 11) is -0.0848. The van der Waals surface area contributed by atoms with Crippen LogP contribution in [0.5, 0.6) is 5.75 Å². The second-order valence-electron chi connectivity index (χ2n) is 5.81. The molecule has 1 heterocycles. The Balaban J connectivity index is 2.55. The third kappa shape index (κ3) is 2.65. The number of hydrogen-bond donors (Lipinski definition) is 0. The molecule has 0 aliphatic rings. The largest absolute Gasteiger partial charge is 0.497 e. The Morgan fingerprint density at radius 2 is 2.10 bits per heavy atom. The van der Waals surface area contributed by atoms with Crippen molar-refractivity contribution in [1.29, 1.82) is 0 Å². The fraction of sp³-hybridized carbons (Fsp3) is 0.438. The molecule has 0 aliphatic heterocycles. The molecular weight excluding hydrogens is 268 g/mol. The number of unbranched alkanes of at least 4 members (excludes halogenated alkanes) is 1. The maximum Gasteiger partial charge on any atom is 0.153 e. The van der Waals surface area contributed by atoms with Gasteiger partial charge >= 0.3 is 0 Å². The van der Waals surface area contributed by atoms with Gasteiger partial charge in [0, 0.05) is 11.5 Å². The van der Waals surface area contributed by atoms with Crippen LogP contribution in [-0.2, 0) is 0 Å². The first-order valence-electron chi connectivity index (χ1n) is 7.09. The minimum absolute atomic E-state index is 0.732. The number of fused-ring (bicyclic) bond motifs is 1. The summed E-state index contributed by atoms with van der Waals surface area (Å²) < 4.78 is 11.3. The number of ether oxygens (including phenoxy) is 1. The summed E-state index contributed by atoms with van der Waals surface area (Å²) in [6, 6.07) is 6.78. The van der Waals surface area contributed by atoms with Crippen LogP contribution in [0, 0.1) is 0 Å². The van der Waals surface area contributed by atoms with Crippen molar-refractivity contribution in [2.45, 2.75) is 38.9 Å². The molecule has 0 aliphatic carbocycles. The molecule has 3 nitrogen and oxygen atoms in total. The lowest BCUT2D eigenvalue weighted by molar-refractivity contribution is 0.112. The van der Waals surface area contributed by atoms with Crippen molar-refractivity contribution in [2.75, 3.05) is 7.11 Å². The van der Waals surface area contributed by atoms with E-state index >= 15 is 0 Å². The molecule has 0 saturated carbocycles. The maximum atomic E-state index is 11.5. The Bertz CT molecular complexity index is 613. The van der Waals surface area contributed by atoms with Crippen molar-refractivity contribution < 1.29 is 13.9 Å². The van der Waals surface area contributed by atoms with Crippen LogP contribution in [0.3, 0.4) is 0 Å². The Kier molecular flexibility index (Phi) is 4.33. The number of rotatable bonds is 6. The molecule has 20 heavy (non-hydrogen) atoms. The molecular formula is C16H22O3Si. The molecule has 0 atom stereocenters. The summed E-state index contributed by atoms with van der Waals surface area (Å²) in [5, 5.41) is 1.82. The maximum absolute atomic E-state index is 11.5. The van der Waals surface area contributed by atoms with E-state index in [1.54, 1.807) is 7.11 Å². The summed E-state index contributed by atoms with van der Waals surface area (Å²) in [4.78, 5) is 11.5. The summed E-state index contributed by atoms with van der Waals surface area (Å²) in [5.41, 5.74) is 1.48. The van der Waals surface area contributed by atoms with Gasteiger partial charge < -0.3 is 9.15 Å². The minimum atomic E-state index is -1.72. The molecule has 0 fully saturated rings. The van der Waals surface area contributed by atoms with E-state index in [-0.39, 0.29) is 0 Å². The first-order valence-corrected chi connectivity index (χ1v) is 10.3. The van der Waals surface area contributed by atoms with Gasteiger partial charge in [-0.3, -0.25) is 4.79 Å². The molecule has 0 radical (unpaired) electrons. The summed E-state index contributed by atoms with van der Waals surface area (Å²) in [5.74, 6) is 0.753. The summed E-state index contributed by atoms with van der Waals surface area (Å²) in [6.45, 7) is 6.73. The van der Waals surface area contributed by atoms with Crippen molar-refractivity contribution in [1.82, 2.24) is 0 Å². The molecule has 108 valence electrons. The van der Waals surface area contributed by atoms with Gasteiger partial charge in [-0.15, -0.1) is 0 Å². The molecule has 0 amide bonds. The molecule has 1 aromatic heterocycles. The zero-order valence-electron chi connectivity index (χ0n) is 12.7. The number of furan rings is 1. The standard InChI is InChI=1S/C16H22O3Si/c1-5-6-9-20(3,4)16-14(11-17)13-8-7-12(18-2)10-15(13)19-16/h7-8,10-11H,5-6,9H2,1-4H3. The van der Waals surface area contributed by atoms with E-state index in [0.29, 0.717) is 0 Å². The number of benzene rings is 1. The van der Waals surface area contributed by atoms with E-state index < -0.39 is 8.07 Å². The summed E-state index contributed by atoms with van der Waals surface area (Å²) >= 11 is 0. The first kappa shape index (κ1) is 14.8. The van der Waals surface area contributed by atoms with Crippen molar-refractivity contribution in [3.8, 4) is 5.75 Å². The quantitative estimate of drug-likeness (QED) is 0.597. The van der Waals surface area contributed by atoms with Gasteiger partial charge in [0.25, 0.3) is 0 Å². The van der Waals surface area contributed by atoms with Crippen molar-refractivity contribution in [3.05, 3.63) is 23.8 Å². The van der Waals surface area contributed by atoms with Gasteiger partial charge in [0.05, 0.1) is 18.1 Å². The number of hydrogen-bond acceptors (Lipinski definition) is 3. The van der Waals surface area contributed by atoms with E-state index in [0.717, 1.165) is 40.0 Å². The Morgan fingerprint density at radius 1 is 1.35 bits per heavy atom. The average Bonchev–Trinajstić information content (AvgIpc) is 2.83. The number of methoxy groups -OCH3 is 1. The Hall–Kier alpha value is -1.55. The third-order valence-electron chi connectivity index (χ3n) is 3.82. The van der Waals surface area contributed by atoms with E-state index in [1.807, 2.05) is 18.2 Å². The SMILES string of the molecule is CCCC[Si](C)(C)c1oc2cc(OC)ccc2c1C=O. The second-order valence-corrected chi connectivity index (χ2v) is 10.5. The fourth-order valence-electron chi connectivity index (χ4n) is 2.58. The van der Waals surface area contributed by atoms with E-state index in [4.69, 9.17) is 9.15 Å². The van der Waals surface area contributed by atoms with Gasteiger partial charge in [0.1, 0.15) is 19.4 Å². The van der Waals surface area contributed by atoms with E-state index in [9.17, 15) is 4.79 Å². The first-order chi connectivity index (χ1) is 9.53. The molecule has 2 aromatic rings. The molecule has 2 rings (SSSR count). The van der Waals surface area contributed by atoms with E-state index in [1.165, 1.54) is 12.8 Å². The summed E-state index contributed by atoms with van der Waals surface area (Å²) in [6.07, 6.45) is 3.28. The zero-order valence-corrected chi connectivity index (χ0v) is 13.7. The van der Waals surface area contributed by atoms with Crippen molar-refractivity contribution in [3.63, 3.8) is 0 Å². The predicted octanol–water partition coefficient (Wildman–Crippen LogP) is 3.97. The van der Waals surface area contributed by atoms with Crippen LogP contribution in [0.15, 0.2) is 22.6 Å². The van der Waals surface area contributed by atoms with Crippen LogP contribution in [-0.4, -0.2) is 21.5 Å². The molecule has 0 unspecified atom stereocenters. The normalized spacial score (nSPS) is 11.8. The molecule has 1 aromatic carbocycles. The lowest BCUT2D eigenvalue weighted by atomic mass is 10.2. The van der Waals surface area contributed by atoms with Crippen molar-refractivity contribution in [2.24, 2.45) is 0 Å². The van der Waals surface area contributed by atoms with Crippen LogP contribution in [0.25, 0.3) is 11.0 Å². The molecule has 0 N–H and O–H groups in total. The number of carbonyl (C=O) groups excluding carboxylic acids is 1. The topological polar surface area (TPSA) is 39.4 Å². The molecule has 0 saturated heterocycles. The van der Waals surface area contributed by atoms with Gasteiger partial charge in [0.2, 0.25) is 0 Å². The number of carbonyl (C=O) groups is 1. The van der Waals surface area contributed by atoms with Crippen LogP contribution in [0.2, 0.25) is 19.1 Å². The predicted molar refractivity (Wildman–Crippen MR) is 85.0 cm³/mol. The highest BCUT2D eigenvalue weighted by Crippen LogP contribution is 2.27. The van der Waals surface area contributed by atoms with Gasteiger partial charge in [-0.2, -0.15) is 0 Å². The van der Waals surface area contributed by atoms with Crippen molar-refractivity contribution >= 4 is 30.7 Å². The van der Waals surface area contributed by atoms with Crippen LogP contribution >= 0.6 is 0 Å². The fourth-order valence-corrected chi connectivity index (χ4v) is 5.35. The Labute approximate surface area is 120 Å². The molecule has 4 heteroatoms. The highest BCUT2D eigenvalue weighted by atomic mass is 28.3. The minimum Gasteiger partial charge on any atom is -0.497 e. The van der Waals surface area contributed by atoms with Gasteiger partial charge in [0.15, 0.2) is 6.29 Å². The van der Waals surface area contributed by atoms with Crippen LogP contribution < -0.4 is 10.1 Å². The molecule has 0 bridgehead atoms. The van der Waals surface area contributed by atoms with Gasteiger partial charge in [-0.05, 0) is 12.1 Å². The lowest BCUT2D eigenvalue weighted by Crippen LogP contribution is -2.42. The third-order valence-corrected chi connectivity index (χ3v) is 7.03. The van der Waals surface area contributed by atoms with E-state index in [2.05, 4.69) is 20.0 Å². The highest BCUT2D eigenvalue weighted by molar-refractivity contribution is 6.89. The van der Waals surface area contributed by atoms with Gasteiger partial charge in [-0.25, -0.2) is 0 Å². The van der Waals surface area contributed by atoms with Gasteiger partial charge in [-0.1, -0.05) is 38.9 Å². The highest BCUT2D eigenvalue weighted by Gasteiger charge is 2.31. The van der Waals surface area contributed by atoms with Crippen LogP contribution in [0.1, 0.15) is 30.1 Å².